The van der Waals surface area contributed by atoms with Crippen molar-refractivity contribution in [3.8, 4) is 23.0 Å². The van der Waals surface area contributed by atoms with Crippen molar-refractivity contribution in [2.75, 3.05) is 27.4 Å². The number of fused-ring (bicyclic) bond motifs is 1. The Kier molecular flexibility index (Phi) is 8.04. The molecular weight excluding hydrogens is 454 g/mol. The highest BCUT2D eigenvalue weighted by Gasteiger charge is 2.35. The Morgan fingerprint density at radius 1 is 0.917 bits per heavy atom. The molecular formula is C30H35NO5. The Hall–Kier alpha value is -3.67. The first-order chi connectivity index (χ1) is 17.4. The van der Waals surface area contributed by atoms with Crippen molar-refractivity contribution in [3.63, 3.8) is 0 Å². The van der Waals surface area contributed by atoms with Gasteiger partial charge in [-0.2, -0.15) is 0 Å². The number of hydrogen-bond acceptors (Lipinski definition) is 5. The fraction of sp³-hybridized carbons (Fsp3) is 0.367. The molecule has 0 bridgehead atoms. The Bertz CT molecular complexity index is 1160. The van der Waals surface area contributed by atoms with Gasteiger partial charge in [-0.05, 0) is 72.4 Å². The third-order valence-corrected chi connectivity index (χ3v) is 6.64. The molecule has 0 saturated carbocycles. The van der Waals surface area contributed by atoms with Gasteiger partial charge in [-0.3, -0.25) is 4.79 Å². The molecule has 1 aliphatic rings. The first-order valence-electron chi connectivity index (χ1n) is 12.4. The van der Waals surface area contributed by atoms with Crippen LogP contribution in [0.1, 0.15) is 49.4 Å². The van der Waals surface area contributed by atoms with E-state index in [0.717, 1.165) is 16.9 Å². The predicted octanol–water partition coefficient (Wildman–Crippen LogP) is 5.80. The van der Waals surface area contributed by atoms with Crippen LogP contribution < -0.4 is 18.9 Å². The first kappa shape index (κ1) is 25.4. The summed E-state index contributed by atoms with van der Waals surface area (Å²) in [5.41, 5.74) is 3.38. The zero-order chi connectivity index (χ0) is 25.7. The largest absolute Gasteiger partial charge is 0.493 e. The van der Waals surface area contributed by atoms with Crippen molar-refractivity contribution in [1.82, 2.24) is 4.90 Å². The van der Waals surface area contributed by atoms with E-state index >= 15 is 0 Å². The maximum Gasteiger partial charge on any atom is 0.263 e. The highest BCUT2D eigenvalue weighted by molar-refractivity contribution is 5.82. The lowest BCUT2D eigenvalue weighted by Crippen LogP contribution is -2.47. The van der Waals surface area contributed by atoms with Gasteiger partial charge >= 0.3 is 0 Å². The van der Waals surface area contributed by atoms with Crippen molar-refractivity contribution >= 4 is 5.91 Å². The van der Waals surface area contributed by atoms with Gasteiger partial charge in [0.15, 0.2) is 17.6 Å². The van der Waals surface area contributed by atoms with Crippen LogP contribution in [-0.2, 0) is 11.2 Å². The summed E-state index contributed by atoms with van der Waals surface area (Å²) in [5, 5.41) is 0. The summed E-state index contributed by atoms with van der Waals surface area (Å²) in [6, 6.07) is 21.2. The number of nitrogens with zero attached hydrogens (tertiary/aromatic N) is 1. The van der Waals surface area contributed by atoms with Gasteiger partial charge in [0.2, 0.25) is 0 Å². The zero-order valence-electron chi connectivity index (χ0n) is 21.7. The molecule has 1 amide bonds. The van der Waals surface area contributed by atoms with Crippen LogP contribution in [0.25, 0.3) is 0 Å². The maximum absolute atomic E-state index is 13.6. The molecule has 6 nitrogen and oxygen atoms in total. The number of benzene rings is 3. The van der Waals surface area contributed by atoms with Crippen LogP contribution in [0.5, 0.6) is 23.0 Å². The highest BCUT2D eigenvalue weighted by atomic mass is 16.5. The quantitative estimate of drug-likeness (QED) is 0.380. The molecule has 0 radical (unpaired) electrons. The Balaban J connectivity index is 1.61. The number of methoxy groups -OCH3 is 2. The molecule has 1 aliphatic heterocycles. The summed E-state index contributed by atoms with van der Waals surface area (Å²) < 4.78 is 23.3. The number of carbonyl (C=O) groups excluding carboxylic acids is 1. The van der Waals surface area contributed by atoms with Crippen LogP contribution in [-0.4, -0.2) is 44.3 Å². The monoisotopic (exact) mass is 489 g/mol. The molecule has 0 N–H and O–H groups in total. The number of hydrogen-bond donors (Lipinski definition) is 0. The molecule has 0 saturated heterocycles. The summed E-state index contributed by atoms with van der Waals surface area (Å²) in [5.74, 6) is 3.12. The topological polar surface area (TPSA) is 57.2 Å². The second-order valence-corrected chi connectivity index (χ2v) is 9.31. The second-order valence-electron chi connectivity index (χ2n) is 9.31. The van der Waals surface area contributed by atoms with Crippen molar-refractivity contribution < 1.29 is 23.7 Å². The maximum atomic E-state index is 13.6. The minimum absolute atomic E-state index is 0.0805. The van der Waals surface area contributed by atoms with E-state index in [4.69, 9.17) is 18.9 Å². The highest BCUT2D eigenvalue weighted by Crippen LogP contribution is 2.39. The van der Waals surface area contributed by atoms with Gasteiger partial charge in [-0.15, -0.1) is 0 Å². The van der Waals surface area contributed by atoms with Crippen LogP contribution in [0.3, 0.4) is 0 Å². The lowest BCUT2D eigenvalue weighted by atomic mass is 9.91. The second kappa shape index (κ2) is 11.4. The van der Waals surface area contributed by atoms with Crippen LogP contribution in [0.2, 0.25) is 0 Å². The minimum atomic E-state index is -0.637. The third-order valence-electron chi connectivity index (χ3n) is 6.64. The predicted molar refractivity (Wildman–Crippen MR) is 140 cm³/mol. The van der Waals surface area contributed by atoms with Gasteiger partial charge in [0.05, 0.1) is 20.3 Å². The molecule has 36 heavy (non-hydrogen) atoms. The van der Waals surface area contributed by atoms with E-state index in [1.807, 2.05) is 59.5 Å². The average molecular weight is 490 g/mol. The molecule has 0 fully saturated rings. The minimum Gasteiger partial charge on any atom is -0.493 e. The number of ether oxygens (including phenoxy) is 4. The van der Waals surface area contributed by atoms with E-state index in [9.17, 15) is 4.79 Å². The SMILES string of the molecule is COc1cc2c(cc1OC)[C@H](COc1ccc(C(C)C)cc1)N(C(=O)[C@@H](C)Oc1ccccc1)CC2. The molecule has 6 heteroatoms. The lowest BCUT2D eigenvalue weighted by molar-refractivity contribution is -0.141. The summed E-state index contributed by atoms with van der Waals surface area (Å²) in [6.07, 6.45) is 0.0703. The van der Waals surface area contributed by atoms with Crippen molar-refractivity contribution in [3.05, 3.63) is 83.4 Å². The van der Waals surface area contributed by atoms with E-state index in [2.05, 4.69) is 26.0 Å². The van der Waals surface area contributed by atoms with Crippen molar-refractivity contribution in [1.29, 1.82) is 0 Å². The smallest absolute Gasteiger partial charge is 0.263 e. The van der Waals surface area contributed by atoms with Crippen LogP contribution in [0.15, 0.2) is 66.7 Å². The Morgan fingerprint density at radius 2 is 1.58 bits per heavy atom. The molecule has 0 aromatic heterocycles. The molecule has 3 aromatic rings. The molecule has 3 aromatic carbocycles. The van der Waals surface area contributed by atoms with Gasteiger partial charge < -0.3 is 23.8 Å². The summed E-state index contributed by atoms with van der Waals surface area (Å²) in [4.78, 5) is 15.5. The number of amides is 1. The fourth-order valence-electron chi connectivity index (χ4n) is 4.58. The molecule has 4 rings (SSSR count). The Labute approximate surface area is 213 Å². The van der Waals surface area contributed by atoms with E-state index in [-0.39, 0.29) is 11.9 Å². The number of rotatable bonds is 9. The van der Waals surface area contributed by atoms with Crippen LogP contribution >= 0.6 is 0 Å². The van der Waals surface area contributed by atoms with E-state index < -0.39 is 6.10 Å². The van der Waals surface area contributed by atoms with E-state index in [1.54, 1.807) is 21.1 Å². The van der Waals surface area contributed by atoms with Gasteiger partial charge in [0, 0.05) is 6.54 Å². The van der Waals surface area contributed by atoms with Crippen LogP contribution in [0, 0.1) is 0 Å². The number of para-hydroxylation sites is 1. The zero-order valence-corrected chi connectivity index (χ0v) is 21.7. The normalized spacial score (nSPS) is 15.7. The summed E-state index contributed by atoms with van der Waals surface area (Å²) in [7, 11) is 3.25. The van der Waals surface area contributed by atoms with Crippen LogP contribution in [0.4, 0.5) is 0 Å². The van der Waals surface area contributed by atoms with E-state index in [1.165, 1.54) is 5.56 Å². The first-order valence-corrected chi connectivity index (χ1v) is 12.4. The Morgan fingerprint density at radius 3 is 2.22 bits per heavy atom. The molecule has 1 heterocycles. The van der Waals surface area contributed by atoms with Gasteiger partial charge in [0.25, 0.3) is 5.91 Å². The standard InChI is InChI=1S/C30H35NO5/c1-20(2)22-11-13-24(14-12-22)35-19-27-26-18-29(34-5)28(33-4)17-23(26)15-16-31(27)30(32)21(3)36-25-9-7-6-8-10-25/h6-14,17-18,20-21,27H,15-16,19H2,1-5H3/t21-,27+/m1/s1. The molecule has 2 atom stereocenters. The lowest BCUT2D eigenvalue weighted by Gasteiger charge is -2.38. The number of carbonyl (C=O) groups is 1. The fourth-order valence-corrected chi connectivity index (χ4v) is 4.58. The van der Waals surface area contributed by atoms with Crippen molar-refractivity contribution in [2.24, 2.45) is 0 Å². The van der Waals surface area contributed by atoms with Gasteiger partial charge in [-0.25, -0.2) is 0 Å². The van der Waals surface area contributed by atoms with Gasteiger partial charge in [0.1, 0.15) is 18.1 Å². The summed E-state index contributed by atoms with van der Waals surface area (Å²) >= 11 is 0. The van der Waals surface area contributed by atoms with Gasteiger partial charge in [-0.1, -0.05) is 44.2 Å². The summed E-state index contributed by atoms with van der Waals surface area (Å²) in [6.45, 7) is 7.00. The third kappa shape index (κ3) is 5.59. The molecule has 0 aliphatic carbocycles. The average Bonchev–Trinajstić information content (AvgIpc) is 2.91. The molecule has 190 valence electrons. The van der Waals surface area contributed by atoms with E-state index in [0.29, 0.717) is 42.7 Å². The van der Waals surface area contributed by atoms with Crippen molar-refractivity contribution in [2.45, 2.75) is 45.3 Å². The molecule has 0 unspecified atom stereocenters. The molecule has 0 spiro atoms.